The SMILES string of the molecule is Cc1nc(NC(=O)C(C)Br)n[nH]1. The summed E-state index contributed by atoms with van der Waals surface area (Å²) in [4.78, 5) is 14.7. The zero-order valence-electron chi connectivity index (χ0n) is 6.76. The van der Waals surface area contributed by atoms with Crippen molar-refractivity contribution in [1.82, 2.24) is 15.2 Å². The van der Waals surface area contributed by atoms with Gasteiger partial charge in [-0.25, -0.2) is 0 Å². The van der Waals surface area contributed by atoms with Crippen LogP contribution in [0.25, 0.3) is 0 Å². The Balaban J connectivity index is 2.58. The number of hydrogen-bond acceptors (Lipinski definition) is 3. The summed E-state index contributed by atoms with van der Waals surface area (Å²) >= 11 is 3.13. The minimum absolute atomic E-state index is 0.158. The Bertz CT molecular complexity index is 283. The van der Waals surface area contributed by atoms with Gasteiger partial charge in [0, 0.05) is 0 Å². The van der Waals surface area contributed by atoms with E-state index in [-0.39, 0.29) is 10.7 Å². The third-order valence-corrected chi connectivity index (χ3v) is 1.61. The lowest BCUT2D eigenvalue weighted by Gasteiger charge is -2.00. The van der Waals surface area contributed by atoms with Crippen LogP contribution >= 0.6 is 15.9 Å². The second-order valence-corrected chi connectivity index (χ2v) is 3.72. The Hall–Kier alpha value is -0.910. The largest absolute Gasteiger partial charge is 0.292 e. The highest BCUT2D eigenvalue weighted by atomic mass is 79.9. The van der Waals surface area contributed by atoms with Gasteiger partial charge in [0.25, 0.3) is 0 Å². The Labute approximate surface area is 78.1 Å². The van der Waals surface area contributed by atoms with Crippen LogP contribution in [0.15, 0.2) is 0 Å². The number of aryl methyl sites for hydroxylation is 1. The summed E-state index contributed by atoms with van der Waals surface area (Å²) in [5.41, 5.74) is 0. The van der Waals surface area contributed by atoms with Crippen LogP contribution in [0.5, 0.6) is 0 Å². The van der Waals surface area contributed by atoms with Crippen LogP contribution in [-0.2, 0) is 4.79 Å². The average molecular weight is 233 g/mol. The summed E-state index contributed by atoms with van der Waals surface area (Å²) in [5, 5.41) is 8.89. The van der Waals surface area contributed by atoms with Gasteiger partial charge in [-0.05, 0) is 13.8 Å². The molecule has 1 atom stereocenters. The molecule has 1 aromatic heterocycles. The van der Waals surface area contributed by atoms with E-state index in [1.54, 1.807) is 13.8 Å². The van der Waals surface area contributed by atoms with Crippen molar-refractivity contribution in [3.8, 4) is 0 Å². The van der Waals surface area contributed by atoms with Crippen molar-refractivity contribution in [3.05, 3.63) is 5.82 Å². The zero-order valence-corrected chi connectivity index (χ0v) is 8.34. The van der Waals surface area contributed by atoms with E-state index >= 15 is 0 Å². The molecule has 0 aliphatic heterocycles. The van der Waals surface area contributed by atoms with Gasteiger partial charge >= 0.3 is 0 Å². The maximum Gasteiger partial charge on any atom is 0.248 e. The lowest BCUT2D eigenvalue weighted by Crippen LogP contribution is -2.20. The Morgan fingerprint density at radius 2 is 2.42 bits per heavy atom. The second-order valence-electron chi connectivity index (χ2n) is 2.35. The molecule has 0 saturated carbocycles. The maximum absolute atomic E-state index is 11.1. The van der Waals surface area contributed by atoms with E-state index in [0.717, 1.165) is 0 Å². The molecule has 0 aliphatic carbocycles. The molecule has 6 heteroatoms. The number of rotatable bonds is 2. The lowest BCUT2D eigenvalue weighted by atomic mass is 10.4. The smallest absolute Gasteiger partial charge is 0.248 e. The molecule has 5 nitrogen and oxygen atoms in total. The number of aromatic nitrogens is 3. The van der Waals surface area contributed by atoms with Crippen molar-refractivity contribution in [2.75, 3.05) is 5.32 Å². The molecule has 1 rings (SSSR count). The number of aromatic amines is 1. The number of anilines is 1. The van der Waals surface area contributed by atoms with Gasteiger partial charge in [-0.3, -0.25) is 15.2 Å². The number of halogens is 1. The fraction of sp³-hybridized carbons (Fsp3) is 0.500. The molecule has 1 heterocycles. The van der Waals surface area contributed by atoms with E-state index in [1.165, 1.54) is 0 Å². The molecule has 2 N–H and O–H groups in total. The molecule has 1 amide bonds. The van der Waals surface area contributed by atoms with Gasteiger partial charge in [0.05, 0.1) is 4.83 Å². The highest BCUT2D eigenvalue weighted by Crippen LogP contribution is 2.02. The molecular weight excluding hydrogens is 224 g/mol. The Kier molecular flexibility index (Phi) is 2.80. The minimum atomic E-state index is -0.240. The normalized spacial score (nSPS) is 12.6. The number of carbonyl (C=O) groups excluding carboxylic acids is 1. The first kappa shape index (κ1) is 9.18. The molecule has 0 bridgehead atoms. The summed E-state index contributed by atoms with van der Waals surface area (Å²) in [7, 11) is 0. The van der Waals surface area contributed by atoms with E-state index in [4.69, 9.17) is 0 Å². The molecule has 0 spiro atoms. The third kappa shape index (κ3) is 2.30. The summed E-state index contributed by atoms with van der Waals surface area (Å²) < 4.78 is 0. The maximum atomic E-state index is 11.1. The van der Waals surface area contributed by atoms with Gasteiger partial charge in [0.1, 0.15) is 5.82 Å². The predicted octanol–water partition coefficient (Wildman–Crippen LogP) is 0.835. The molecule has 12 heavy (non-hydrogen) atoms. The summed E-state index contributed by atoms with van der Waals surface area (Å²) in [5.74, 6) is 0.824. The predicted molar refractivity (Wildman–Crippen MR) is 48.1 cm³/mol. The molecular formula is C6H9BrN4O. The second kappa shape index (κ2) is 3.66. The van der Waals surface area contributed by atoms with E-state index in [0.29, 0.717) is 11.8 Å². The van der Waals surface area contributed by atoms with Crippen LogP contribution in [0.1, 0.15) is 12.7 Å². The van der Waals surface area contributed by atoms with Crippen LogP contribution in [0.2, 0.25) is 0 Å². The number of amides is 1. The van der Waals surface area contributed by atoms with Crippen LogP contribution in [-0.4, -0.2) is 25.9 Å². The van der Waals surface area contributed by atoms with Gasteiger partial charge in [-0.2, -0.15) is 4.98 Å². The fourth-order valence-electron chi connectivity index (χ4n) is 0.608. The van der Waals surface area contributed by atoms with Crippen LogP contribution in [0.3, 0.4) is 0 Å². The lowest BCUT2D eigenvalue weighted by molar-refractivity contribution is -0.115. The first-order valence-electron chi connectivity index (χ1n) is 3.43. The number of hydrogen-bond donors (Lipinski definition) is 2. The number of H-pyrrole nitrogens is 1. The number of carbonyl (C=O) groups is 1. The first-order chi connectivity index (χ1) is 5.59. The third-order valence-electron chi connectivity index (χ3n) is 1.19. The van der Waals surface area contributed by atoms with Gasteiger partial charge < -0.3 is 0 Å². The molecule has 0 aromatic carbocycles. The number of alkyl halides is 1. The quantitative estimate of drug-likeness (QED) is 0.743. The van der Waals surface area contributed by atoms with E-state index < -0.39 is 0 Å². The van der Waals surface area contributed by atoms with Gasteiger partial charge in [0.15, 0.2) is 0 Å². The van der Waals surface area contributed by atoms with Crippen molar-refractivity contribution in [1.29, 1.82) is 0 Å². The van der Waals surface area contributed by atoms with Crippen molar-refractivity contribution in [2.45, 2.75) is 18.7 Å². The van der Waals surface area contributed by atoms with Gasteiger partial charge in [-0.1, -0.05) is 15.9 Å². The summed E-state index contributed by atoms with van der Waals surface area (Å²) in [6.45, 7) is 3.50. The van der Waals surface area contributed by atoms with Crippen LogP contribution in [0, 0.1) is 6.92 Å². The van der Waals surface area contributed by atoms with Crippen LogP contribution in [0.4, 0.5) is 5.95 Å². The minimum Gasteiger partial charge on any atom is -0.292 e. The average Bonchev–Trinajstić information content (AvgIpc) is 2.35. The molecule has 1 unspecified atom stereocenters. The number of nitrogens with zero attached hydrogens (tertiary/aromatic N) is 2. The molecule has 0 radical (unpaired) electrons. The van der Waals surface area contributed by atoms with Crippen molar-refractivity contribution >= 4 is 27.8 Å². The van der Waals surface area contributed by atoms with Crippen LogP contribution < -0.4 is 5.32 Å². The highest BCUT2D eigenvalue weighted by Gasteiger charge is 2.10. The summed E-state index contributed by atoms with van der Waals surface area (Å²) in [6, 6.07) is 0. The summed E-state index contributed by atoms with van der Waals surface area (Å²) in [6.07, 6.45) is 0. The van der Waals surface area contributed by atoms with E-state index in [9.17, 15) is 4.79 Å². The number of nitrogens with one attached hydrogen (secondary N) is 2. The first-order valence-corrected chi connectivity index (χ1v) is 4.35. The molecule has 0 aliphatic rings. The van der Waals surface area contributed by atoms with Gasteiger partial charge in [0.2, 0.25) is 11.9 Å². The van der Waals surface area contributed by atoms with E-state index in [1.807, 2.05) is 0 Å². The molecule has 1 aromatic rings. The Morgan fingerprint density at radius 3 is 2.83 bits per heavy atom. The highest BCUT2D eigenvalue weighted by molar-refractivity contribution is 9.10. The topological polar surface area (TPSA) is 70.7 Å². The van der Waals surface area contributed by atoms with E-state index in [2.05, 4.69) is 36.4 Å². The van der Waals surface area contributed by atoms with Crippen molar-refractivity contribution < 1.29 is 4.79 Å². The standard InChI is InChI=1S/C6H9BrN4O/c1-3(7)5(12)9-6-8-4(2)10-11-6/h3H,1-2H3,(H2,8,9,10,11,12). The fourth-order valence-corrected chi connectivity index (χ4v) is 0.723. The van der Waals surface area contributed by atoms with Crippen molar-refractivity contribution in [2.24, 2.45) is 0 Å². The van der Waals surface area contributed by atoms with Crippen molar-refractivity contribution in [3.63, 3.8) is 0 Å². The molecule has 66 valence electrons. The monoisotopic (exact) mass is 232 g/mol. The molecule has 0 fully saturated rings. The van der Waals surface area contributed by atoms with Gasteiger partial charge in [-0.15, -0.1) is 5.10 Å². The molecule has 0 saturated heterocycles. The zero-order chi connectivity index (χ0) is 9.14. The Morgan fingerprint density at radius 1 is 1.75 bits per heavy atom.